The van der Waals surface area contributed by atoms with Crippen LogP contribution in [-0.4, -0.2) is 32.3 Å². The second-order valence-corrected chi connectivity index (χ2v) is 5.54. The predicted octanol–water partition coefficient (Wildman–Crippen LogP) is 4.18. The maximum atomic E-state index is 13.7. The lowest BCUT2D eigenvalue weighted by Crippen LogP contribution is -2.38. The van der Waals surface area contributed by atoms with E-state index in [0.29, 0.717) is 5.56 Å². The second-order valence-electron chi connectivity index (χ2n) is 5.54. The number of rotatable bonds is 9. The van der Waals surface area contributed by atoms with Crippen molar-refractivity contribution >= 4 is 29.9 Å². The van der Waals surface area contributed by atoms with E-state index in [2.05, 4.69) is 15.6 Å². The van der Waals surface area contributed by atoms with E-state index in [4.69, 9.17) is 4.74 Å². The predicted molar refractivity (Wildman–Crippen MR) is 110 cm³/mol. The Kier molecular flexibility index (Phi) is 12.9. The standard InChI is InChI=1S/C18H30FN3O.HI/c1-5-20-18(21-11-7-8-12-23-6-2)22-15(4)16-10-9-14(3)17(19)13-16;/h9-10,13,15H,5-8,11-12H2,1-4H3,(H2,20,21,22);1H. The van der Waals surface area contributed by atoms with Crippen molar-refractivity contribution in [2.24, 2.45) is 4.99 Å². The Morgan fingerprint density at radius 2 is 2.04 bits per heavy atom. The van der Waals surface area contributed by atoms with Crippen molar-refractivity contribution in [2.75, 3.05) is 26.3 Å². The molecule has 1 aromatic rings. The summed E-state index contributed by atoms with van der Waals surface area (Å²) in [5.41, 5.74) is 1.57. The van der Waals surface area contributed by atoms with Crippen molar-refractivity contribution in [2.45, 2.75) is 46.6 Å². The Morgan fingerprint density at radius 3 is 2.67 bits per heavy atom. The third-order valence-electron chi connectivity index (χ3n) is 3.56. The number of aliphatic imine (C=N–C) groups is 1. The summed E-state index contributed by atoms with van der Waals surface area (Å²) in [5.74, 6) is 0.589. The number of benzene rings is 1. The van der Waals surface area contributed by atoms with Crippen LogP contribution in [0.2, 0.25) is 0 Å². The summed E-state index contributed by atoms with van der Waals surface area (Å²) in [6.07, 6.45) is 2.00. The Bertz CT molecular complexity index is 497. The molecule has 2 N–H and O–H groups in total. The molecule has 6 heteroatoms. The molecule has 0 spiro atoms. The van der Waals surface area contributed by atoms with Crippen LogP contribution in [0, 0.1) is 12.7 Å². The van der Waals surface area contributed by atoms with Gasteiger partial charge in [-0.3, -0.25) is 4.99 Å². The summed E-state index contributed by atoms with van der Waals surface area (Å²) in [5, 5.41) is 6.55. The summed E-state index contributed by atoms with van der Waals surface area (Å²) >= 11 is 0. The molecule has 0 aromatic heterocycles. The maximum Gasteiger partial charge on any atom is 0.191 e. The smallest absolute Gasteiger partial charge is 0.191 e. The number of nitrogens with zero attached hydrogens (tertiary/aromatic N) is 1. The molecule has 0 heterocycles. The Balaban J connectivity index is 0.00000529. The number of aryl methyl sites for hydroxylation is 1. The molecule has 0 radical (unpaired) electrons. The minimum absolute atomic E-state index is 0. The summed E-state index contributed by atoms with van der Waals surface area (Å²) in [7, 11) is 0. The minimum atomic E-state index is -0.172. The molecule has 1 atom stereocenters. The van der Waals surface area contributed by atoms with Crippen LogP contribution in [0.4, 0.5) is 4.39 Å². The van der Waals surface area contributed by atoms with E-state index in [9.17, 15) is 4.39 Å². The first kappa shape index (κ1) is 23.1. The number of nitrogens with one attached hydrogen (secondary N) is 2. The molecule has 4 nitrogen and oxygen atoms in total. The fourth-order valence-electron chi connectivity index (χ4n) is 2.14. The number of ether oxygens (including phenoxy) is 1. The van der Waals surface area contributed by atoms with E-state index in [1.165, 1.54) is 0 Å². The first-order chi connectivity index (χ1) is 11.1. The third kappa shape index (κ3) is 8.82. The zero-order valence-electron chi connectivity index (χ0n) is 15.2. The van der Waals surface area contributed by atoms with Crippen LogP contribution in [0.15, 0.2) is 23.2 Å². The zero-order chi connectivity index (χ0) is 17.1. The highest BCUT2D eigenvalue weighted by Gasteiger charge is 2.09. The zero-order valence-corrected chi connectivity index (χ0v) is 17.5. The average molecular weight is 451 g/mol. The SMILES string of the molecule is CCNC(=NCCCCOCC)NC(C)c1ccc(C)c(F)c1.I. The Hall–Kier alpha value is -0.890. The molecule has 0 aliphatic rings. The van der Waals surface area contributed by atoms with Gasteiger partial charge < -0.3 is 15.4 Å². The lowest BCUT2D eigenvalue weighted by atomic mass is 10.1. The van der Waals surface area contributed by atoms with Crippen molar-refractivity contribution in [3.05, 3.63) is 35.1 Å². The van der Waals surface area contributed by atoms with Crippen LogP contribution in [0.1, 0.15) is 50.8 Å². The first-order valence-corrected chi connectivity index (χ1v) is 8.47. The second kappa shape index (κ2) is 13.4. The van der Waals surface area contributed by atoms with Gasteiger partial charge in [-0.1, -0.05) is 12.1 Å². The summed E-state index contributed by atoms with van der Waals surface area (Å²) < 4.78 is 19.0. The molecule has 1 rings (SSSR count). The fourth-order valence-corrected chi connectivity index (χ4v) is 2.14. The van der Waals surface area contributed by atoms with Crippen LogP contribution < -0.4 is 10.6 Å². The van der Waals surface area contributed by atoms with Crippen molar-refractivity contribution in [1.82, 2.24) is 10.6 Å². The van der Waals surface area contributed by atoms with E-state index in [1.807, 2.05) is 26.8 Å². The lowest BCUT2D eigenvalue weighted by molar-refractivity contribution is 0.144. The molecule has 0 saturated carbocycles. The monoisotopic (exact) mass is 451 g/mol. The molecule has 0 amide bonds. The highest BCUT2D eigenvalue weighted by Crippen LogP contribution is 2.16. The number of hydrogen-bond donors (Lipinski definition) is 2. The number of hydrogen-bond acceptors (Lipinski definition) is 2. The summed E-state index contributed by atoms with van der Waals surface area (Å²) in [6.45, 7) is 10.9. The molecule has 0 bridgehead atoms. The first-order valence-electron chi connectivity index (χ1n) is 8.47. The summed E-state index contributed by atoms with van der Waals surface area (Å²) in [4.78, 5) is 4.56. The van der Waals surface area contributed by atoms with E-state index in [1.54, 1.807) is 19.1 Å². The van der Waals surface area contributed by atoms with Gasteiger partial charge in [-0.05, 0) is 57.7 Å². The average Bonchev–Trinajstić information content (AvgIpc) is 2.53. The van der Waals surface area contributed by atoms with E-state index >= 15 is 0 Å². The Labute approximate surface area is 162 Å². The van der Waals surface area contributed by atoms with Crippen molar-refractivity contribution in [1.29, 1.82) is 0 Å². The molecule has 1 aromatic carbocycles. The van der Waals surface area contributed by atoms with Gasteiger partial charge in [-0.15, -0.1) is 24.0 Å². The van der Waals surface area contributed by atoms with Gasteiger partial charge in [0.25, 0.3) is 0 Å². The van der Waals surface area contributed by atoms with Gasteiger partial charge in [-0.25, -0.2) is 4.39 Å². The molecule has 24 heavy (non-hydrogen) atoms. The number of halogens is 2. The van der Waals surface area contributed by atoms with Gasteiger partial charge in [0, 0.05) is 26.3 Å². The minimum Gasteiger partial charge on any atom is -0.382 e. The van der Waals surface area contributed by atoms with Crippen molar-refractivity contribution in [3.8, 4) is 0 Å². The molecule has 0 aliphatic carbocycles. The van der Waals surface area contributed by atoms with Crippen molar-refractivity contribution < 1.29 is 9.13 Å². The number of guanidine groups is 1. The normalized spacial score (nSPS) is 12.5. The van der Waals surface area contributed by atoms with Crippen LogP contribution in [0.5, 0.6) is 0 Å². The highest BCUT2D eigenvalue weighted by atomic mass is 127. The quantitative estimate of drug-likeness (QED) is 0.256. The largest absolute Gasteiger partial charge is 0.382 e. The van der Waals surface area contributed by atoms with Crippen LogP contribution in [-0.2, 0) is 4.74 Å². The van der Waals surface area contributed by atoms with Gasteiger partial charge in [0.05, 0.1) is 6.04 Å². The fraction of sp³-hybridized carbons (Fsp3) is 0.611. The van der Waals surface area contributed by atoms with Crippen LogP contribution in [0.25, 0.3) is 0 Å². The third-order valence-corrected chi connectivity index (χ3v) is 3.56. The Morgan fingerprint density at radius 1 is 1.29 bits per heavy atom. The van der Waals surface area contributed by atoms with E-state index < -0.39 is 0 Å². The van der Waals surface area contributed by atoms with Gasteiger partial charge in [0.2, 0.25) is 0 Å². The van der Waals surface area contributed by atoms with Gasteiger partial charge >= 0.3 is 0 Å². The van der Waals surface area contributed by atoms with Crippen LogP contribution in [0.3, 0.4) is 0 Å². The summed E-state index contributed by atoms with van der Waals surface area (Å²) in [6, 6.07) is 5.33. The molecule has 138 valence electrons. The molecular formula is C18H31FIN3O. The number of unbranched alkanes of at least 4 members (excludes halogenated alkanes) is 1. The van der Waals surface area contributed by atoms with Gasteiger partial charge in [0.1, 0.15) is 5.82 Å². The maximum absolute atomic E-state index is 13.7. The van der Waals surface area contributed by atoms with Gasteiger partial charge in [0.15, 0.2) is 5.96 Å². The van der Waals surface area contributed by atoms with E-state index in [-0.39, 0.29) is 35.8 Å². The molecule has 0 saturated heterocycles. The highest BCUT2D eigenvalue weighted by molar-refractivity contribution is 14.0. The van der Waals surface area contributed by atoms with Gasteiger partial charge in [-0.2, -0.15) is 0 Å². The lowest BCUT2D eigenvalue weighted by Gasteiger charge is -2.18. The topological polar surface area (TPSA) is 45.7 Å². The molecule has 0 fully saturated rings. The van der Waals surface area contributed by atoms with Crippen LogP contribution >= 0.6 is 24.0 Å². The molecule has 0 aliphatic heterocycles. The van der Waals surface area contributed by atoms with E-state index in [0.717, 1.165) is 50.7 Å². The van der Waals surface area contributed by atoms with Crippen molar-refractivity contribution in [3.63, 3.8) is 0 Å². The molecular weight excluding hydrogens is 420 g/mol. The molecule has 1 unspecified atom stereocenters.